The molecule has 3 aromatic rings. The topological polar surface area (TPSA) is 33.2 Å². The zero-order chi connectivity index (χ0) is 17.4. The van der Waals surface area contributed by atoms with Gasteiger partial charge < -0.3 is 4.90 Å². The van der Waals surface area contributed by atoms with Crippen LogP contribution in [-0.2, 0) is 0 Å². The number of aromatic nitrogens is 1. The Morgan fingerprint density at radius 2 is 2.04 bits per heavy atom. The van der Waals surface area contributed by atoms with Gasteiger partial charge in [0.05, 0.1) is 5.56 Å². The number of fused-ring (bicyclic) bond motifs is 1. The predicted molar refractivity (Wildman–Crippen MR) is 103 cm³/mol. The molecule has 0 radical (unpaired) electrons. The van der Waals surface area contributed by atoms with Crippen LogP contribution in [0.15, 0.2) is 41.9 Å². The summed E-state index contributed by atoms with van der Waals surface area (Å²) in [4.78, 5) is 20.9. The second kappa shape index (κ2) is 6.60. The van der Waals surface area contributed by atoms with Crippen molar-refractivity contribution in [2.75, 3.05) is 13.1 Å². The van der Waals surface area contributed by atoms with Gasteiger partial charge in [0.25, 0.3) is 5.91 Å². The lowest BCUT2D eigenvalue weighted by atomic mass is 9.93. The summed E-state index contributed by atoms with van der Waals surface area (Å²) in [6, 6.07) is 10.5. The maximum Gasteiger partial charge on any atom is 0.254 e. The minimum absolute atomic E-state index is 0.173. The summed E-state index contributed by atoms with van der Waals surface area (Å²) in [6.07, 6.45) is 4.08. The van der Waals surface area contributed by atoms with Gasteiger partial charge >= 0.3 is 0 Å². The first kappa shape index (κ1) is 16.3. The number of likely N-dealkylation sites (tertiary alicyclic amines) is 1. The fourth-order valence-electron chi connectivity index (χ4n) is 3.62. The molecule has 1 aliphatic heterocycles. The van der Waals surface area contributed by atoms with E-state index in [9.17, 15) is 4.79 Å². The van der Waals surface area contributed by atoms with Crippen molar-refractivity contribution in [2.45, 2.75) is 32.6 Å². The number of hydrogen-bond donors (Lipinski definition) is 0. The maximum absolute atomic E-state index is 12.9. The van der Waals surface area contributed by atoms with Gasteiger partial charge in [0.15, 0.2) is 0 Å². The molecule has 1 amide bonds. The minimum atomic E-state index is 0.173. The average molecular weight is 350 g/mol. The number of carbonyl (C=O) groups is 1. The van der Waals surface area contributed by atoms with Crippen molar-refractivity contribution < 1.29 is 4.79 Å². The normalized spacial score (nSPS) is 17.8. The molecule has 3 nitrogen and oxygen atoms in total. The van der Waals surface area contributed by atoms with Gasteiger partial charge in [-0.25, -0.2) is 0 Å². The van der Waals surface area contributed by atoms with Gasteiger partial charge in [-0.05, 0) is 43.7 Å². The second-order valence-electron chi connectivity index (χ2n) is 6.88. The van der Waals surface area contributed by atoms with E-state index in [1.807, 2.05) is 29.5 Å². The lowest BCUT2D eigenvalue weighted by Gasteiger charge is -2.32. The van der Waals surface area contributed by atoms with E-state index < -0.39 is 0 Å². The molecule has 4 heteroatoms. The minimum Gasteiger partial charge on any atom is -0.338 e. The molecule has 3 heterocycles. The number of aryl methyl sites for hydroxylation is 1. The highest BCUT2D eigenvalue weighted by Gasteiger charge is 2.27. The Kier molecular flexibility index (Phi) is 4.30. The Balaban J connectivity index is 1.57. The smallest absolute Gasteiger partial charge is 0.254 e. The summed E-state index contributed by atoms with van der Waals surface area (Å²) in [5.74, 6) is 0.495. The van der Waals surface area contributed by atoms with Crippen molar-refractivity contribution in [1.82, 2.24) is 9.88 Å². The van der Waals surface area contributed by atoms with E-state index in [2.05, 4.69) is 36.2 Å². The number of carbonyl (C=O) groups excluding carboxylic acids is 1. The number of piperidine rings is 1. The lowest BCUT2D eigenvalue weighted by molar-refractivity contribution is 0.0705. The van der Waals surface area contributed by atoms with Crippen molar-refractivity contribution in [1.29, 1.82) is 0 Å². The molecule has 0 unspecified atom stereocenters. The largest absolute Gasteiger partial charge is 0.338 e. The molecule has 4 rings (SSSR count). The molecule has 1 fully saturated rings. The van der Waals surface area contributed by atoms with Crippen LogP contribution in [0.1, 0.15) is 45.3 Å². The van der Waals surface area contributed by atoms with Crippen LogP contribution in [0, 0.1) is 13.8 Å². The summed E-state index contributed by atoms with van der Waals surface area (Å²) >= 11 is 1.66. The maximum atomic E-state index is 12.9. The monoisotopic (exact) mass is 350 g/mol. The molecule has 0 saturated carbocycles. The molecule has 0 N–H and O–H groups in total. The highest BCUT2D eigenvalue weighted by molar-refractivity contribution is 7.10. The standard InChI is InChI=1S/C21H22N2OS/c1-14-15(2)25-13-19(14)21(24)23-9-5-8-18(12-23)20-10-16-6-3-4-7-17(16)11-22-20/h3-4,6-7,10-11,13,18H,5,8-9,12H2,1-2H3/t18-/m0/s1. The third-order valence-corrected chi connectivity index (χ3v) is 6.31. The van der Waals surface area contributed by atoms with E-state index >= 15 is 0 Å². The van der Waals surface area contributed by atoms with E-state index in [0.717, 1.165) is 42.8 Å². The van der Waals surface area contributed by atoms with Crippen molar-refractivity contribution >= 4 is 28.0 Å². The predicted octanol–water partition coefficient (Wildman–Crippen LogP) is 4.93. The molecule has 25 heavy (non-hydrogen) atoms. The number of hydrogen-bond acceptors (Lipinski definition) is 3. The Bertz CT molecular complexity index is 931. The first-order valence-corrected chi connectivity index (χ1v) is 9.70. The SMILES string of the molecule is Cc1scc(C(=O)N2CCC[C@H](c3cc4ccccc4cn3)C2)c1C. The number of benzene rings is 1. The summed E-state index contributed by atoms with van der Waals surface area (Å²) in [5.41, 5.74) is 3.10. The van der Waals surface area contributed by atoms with Crippen molar-refractivity contribution in [3.63, 3.8) is 0 Å². The molecule has 0 bridgehead atoms. The number of nitrogens with zero attached hydrogens (tertiary/aromatic N) is 2. The van der Waals surface area contributed by atoms with Gasteiger partial charge in [-0.2, -0.15) is 0 Å². The van der Waals surface area contributed by atoms with E-state index in [0.29, 0.717) is 5.92 Å². The summed E-state index contributed by atoms with van der Waals surface area (Å²) < 4.78 is 0. The number of pyridine rings is 1. The van der Waals surface area contributed by atoms with Crippen LogP contribution in [0.25, 0.3) is 10.8 Å². The third kappa shape index (κ3) is 3.07. The molecular weight excluding hydrogens is 328 g/mol. The van der Waals surface area contributed by atoms with E-state index in [-0.39, 0.29) is 5.91 Å². The highest BCUT2D eigenvalue weighted by Crippen LogP contribution is 2.30. The lowest BCUT2D eigenvalue weighted by Crippen LogP contribution is -2.39. The first-order valence-electron chi connectivity index (χ1n) is 8.82. The fourth-order valence-corrected chi connectivity index (χ4v) is 4.48. The molecular formula is C21H22N2OS. The van der Waals surface area contributed by atoms with Crippen LogP contribution in [0.5, 0.6) is 0 Å². The average Bonchev–Trinajstić information content (AvgIpc) is 2.99. The van der Waals surface area contributed by atoms with Crippen LogP contribution in [0.2, 0.25) is 0 Å². The van der Waals surface area contributed by atoms with Crippen LogP contribution >= 0.6 is 11.3 Å². The second-order valence-corrected chi connectivity index (χ2v) is 7.96. The fraction of sp³-hybridized carbons (Fsp3) is 0.333. The van der Waals surface area contributed by atoms with Crippen LogP contribution < -0.4 is 0 Å². The number of amides is 1. The van der Waals surface area contributed by atoms with Gasteiger partial charge in [-0.15, -0.1) is 11.3 Å². The quantitative estimate of drug-likeness (QED) is 0.656. The molecule has 0 aliphatic carbocycles. The zero-order valence-electron chi connectivity index (χ0n) is 14.7. The van der Waals surface area contributed by atoms with E-state index in [1.165, 1.54) is 15.6 Å². The summed E-state index contributed by atoms with van der Waals surface area (Å²) in [6.45, 7) is 5.73. The van der Waals surface area contributed by atoms with E-state index in [1.54, 1.807) is 11.3 Å². The zero-order valence-corrected chi connectivity index (χ0v) is 15.5. The van der Waals surface area contributed by atoms with Crippen molar-refractivity contribution in [2.24, 2.45) is 0 Å². The molecule has 1 aliphatic rings. The molecule has 128 valence electrons. The summed E-state index contributed by atoms with van der Waals surface area (Å²) in [5, 5.41) is 4.39. The van der Waals surface area contributed by atoms with Crippen LogP contribution in [0.4, 0.5) is 0 Å². The third-order valence-electron chi connectivity index (χ3n) is 5.30. The van der Waals surface area contributed by atoms with E-state index in [4.69, 9.17) is 0 Å². The Morgan fingerprint density at radius 1 is 1.24 bits per heavy atom. The number of thiophene rings is 1. The Labute approximate surface area is 152 Å². The Hall–Kier alpha value is -2.20. The van der Waals surface area contributed by atoms with Gasteiger partial charge in [0.1, 0.15) is 0 Å². The van der Waals surface area contributed by atoms with Crippen molar-refractivity contribution in [3.8, 4) is 0 Å². The van der Waals surface area contributed by atoms with Crippen LogP contribution in [0.3, 0.4) is 0 Å². The van der Waals surface area contributed by atoms with Gasteiger partial charge in [-0.3, -0.25) is 9.78 Å². The number of rotatable bonds is 2. The molecule has 1 aromatic carbocycles. The molecule has 0 spiro atoms. The van der Waals surface area contributed by atoms with Gasteiger partial charge in [-0.1, -0.05) is 24.3 Å². The van der Waals surface area contributed by atoms with Gasteiger partial charge in [0, 0.05) is 46.5 Å². The molecule has 1 saturated heterocycles. The Morgan fingerprint density at radius 3 is 2.80 bits per heavy atom. The highest BCUT2D eigenvalue weighted by atomic mass is 32.1. The molecule has 1 atom stereocenters. The van der Waals surface area contributed by atoms with Gasteiger partial charge in [0.2, 0.25) is 0 Å². The summed E-state index contributed by atoms with van der Waals surface area (Å²) in [7, 11) is 0. The van der Waals surface area contributed by atoms with Crippen molar-refractivity contribution in [3.05, 3.63) is 63.6 Å². The first-order chi connectivity index (χ1) is 12.1. The molecule has 2 aromatic heterocycles. The van der Waals surface area contributed by atoms with Crippen LogP contribution in [-0.4, -0.2) is 28.9 Å².